The van der Waals surface area contributed by atoms with E-state index in [4.69, 9.17) is 53.9 Å². The summed E-state index contributed by atoms with van der Waals surface area (Å²) in [6, 6.07) is 37.8. The van der Waals surface area contributed by atoms with Gasteiger partial charge in [-0.1, -0.05) is 52.3 Å². The molecule has 0 radical (unpaired) electrons. The molecule has 6 heterocycles. The molecule has 39 heteroatoms. The molecule has 2 aliphatic heterocycles. The SMILES string of the molecule is CC(C)(C)OC(=O)N1CCN(c2ccc(C(=O)O)nc2)CC1.CC(C)(C)OC(=O)Nc1ccc(-c2ccccn2)cc1N.CC(C)(C)OC(=O)Nc1ccc(-c2ccccn2)cc1[N+](=O)[O-].CC(C)(C)OC(=O)Nc1ccc(B2OC(C)(C)C(C)(C)O2)cc1[N+](=O)[O-].CC(C)(C)OC(=O)Nc1ccc(Br)cc1[N+](=O)[O-].OB(O)c1ccccn1. The van der Waals surface area contributed by atoms with Crippen LogP contribution in [0, 0.1) is 30.3 Å². The second kappa shape index (κ2) is 42.1. The number of aromatic nitrogens is 4. The highest BCUT2D eigenvalue weighted by Crippen LogP contribution is 2.38. The maximum Gasteiger partial charge on any atom is 0.508 e. The van der Waals surface area contributed by atoms with Gasteiger partial charge in [0.1, 0.15) is 50.8 Å². The number of nitro groups is 3. The molecule has 119 heavy (non-hydrogen) atoms. The number of piperazine rings is 1. The molecule has 4 aromatic carbocycles. The van der Waals surface area contributed by atoms with Crippen LogP contribution in [0.4, 0.5) is 75.2 Å². The molecule has 2 fully saturated rings. The van der Waals surface area contributed by atoms with Crippen molar-refractivity contribution in [3.05, 3.63) is 205 Å². The number of benzene rings is 4. The Kier molecular flexibility index (Phi) is 34.4. The van der Waals surface area contributed by atoms with Gasteiger partial charge in [0.2, 0.25) is 0 Å². The van der Waals surface area contributed by atoms with E-state index in [0.29, 0.717) is 58.7 Å². The number of carbonyl (C=O) groups is 6. The number of nitrogens with two attached hydrogens (primary N) is 1. The minimum absolute atomic E-state index is 0.0242. The number of hydrogen-bond acceptors (Lipinski definition) is 27. The van der Waals surface area contributed by atoms with Crippen LogP contribution in [0.3, 0.4) is 0 Å². The first-order valence-corrected chi connectivity index (χ1v) is 37.7. The summed E-state index contributed by atoms with van der Waals surface area (Å²) in [5.74, 6) is -1.04. The first-order valence-electron chi connectivity index (χ1n) is 36.9. The summed E-state index contributed by atoms with van der Waals surface area (Å²) in [7, 11) is -2.18. The Labute approximate surface area is 698 Å². The quantitative estimate of drug-likeness (QED) is 0.0175. The Balaban J connectivity index is 0.000000259. The average molecular weight is 1710 g/mol. The maximum absolute atomic E-state index is 12.0. The van der Waals surface area contributed by atoms with Gasteiger partial charge in [0, 0.05) is 78.6 Å². The lowest BCUT2D eigenvalue weighted by Crippen LogP contribution is -2.50. The molecule has 0 bridgehead atoms. The van der Waals surface area contributed by atoms with Gasteiger partial charge in [-0.15, -0.1) is 0 Å². The second-order valence-electron chi connectivity index (χ2n) is 32.1. The second-order valence-corrected chi connectivity index (χ2v) is 33.0. The number of nitrogens with one attached hydrogen (secondary N) is 4. The van der Waals surface area contributed by atoms with Crippen LogP contribution in [0.15, 0.2) is 169 Å². The number of aromatic carboxylic acids is 1. The standard InChI is InChI=1S/C17H25BN2O6.C16H17N3O4.C16H19N3O2.C15H21N3O4.C11H13BrN2O4.C5H6BNO2/c1-15(2,3)24-14(21)19-12-9-8-11(10-13(12)20(22)23)18-25-16(4,5)17(6,7)26-18;1-16(2,3)23-15(20)18-13-8-7-11(10-14(13)19(21)22)12-6-4-5-9-17-12;1-16(2,3)21-15(20)19-14-8-7-11(10-12(14)17)13-6-4-5-9-18-13;1-15(2,3)22-14(21)18-8-6-17(7-9-18)11-4-5-12(13(19)20)16-10-11;1-11(2,3)18-10(15)13-8-5-4-7(12)6-9(8)14(16)17;8-6(9)5-3-1-2-4-7-5/h8-10H,1-7H3,(H,19,21);4-10H,1-3H3,(H,18,20);4-10H,17H2,1-3H3,(H,19,20);4-5,10H,6-9H2,1-3H3,(H,19,20);4-6H,1-3H3,(H,13,15);1-4,8-9H. The van der Waals surface area contributed by atoms with Crippen LogP contribution < -0.4 is 43.0 Å². The van der Waals surface area contributed by atoms with Crippen molar-refractivity contribution >= 4 is 129 Å². The average Bonchev–Trinajstić information content (AvgIpc) is 1.62. The van der Waals surface area contributed by atoms with Crippen molar-refractivity contribution in [2.75, 3.05) is 58.1 Å². The van der Waals surface area contributed by atoms with Crippen molar-refractivity contribution in [3.63, 3.8) is 0 Å². The topological polar surface area (TPSA) is 489 Å². The van der Waals surface area contributed by atoms with Gasteiger partial charge in [0.25, 0.3) is 17.1 Å². The smallest absolute Gasteiger partial charge is 0.477 e. The van der Waals surface area contributed by atoms with E-state index >= 15 is 0 Å². The van der Waals surface area contributed by atoms with Gasteiger partial charge in [-0.05, 0) is 222 Å². The van der Waals surface area contributed by atoms with E-state index in [1.165, 1.54) is 48.7 Å². The third-order valence-corrected chi connectivity index (χ3v) is 16.3. The third kappa shape index (κ3) is 33.6. The van der Waals surface area contributed by atoms with Crippen LogP contribution in [0.2, 0.25) is 0 Å². The van der Waals surface area contributed by atoms with E-state index in [2.05, 4.69) is 62.0 Å². The minimum Gasteiger partial charge on any atom is -0.477 e. The van der Waals surface area contributed by atoms with Crippen LogP contribution in [-0.4, -0.2) is 171 Å². The van der Waals surface area contributed by atoms with Crippen molar-refractivity contribution in [1.82, 2.24) is 24.8 Å². The Bertz CT molecular complexity index is 4790. The van der Waals surface area contributed by atoms with Crippen molar-refractivity contribution in [2.24, 2.45) is 0 Å². The number of ether oxygens (including phenoxy) is 5. The normalized spacial score (nSPS) is 13.3. The van der Waals surface area contributed by atoms with Crippen LogP contribution in [0.5, 0.6) is 0 Å². The van der Waals surface area contributed by atoms with Gasteiger partial charge in [-0.3, -0.25) is 66.6 Å². The molecule has 2 saturated heterocycles. The van der Waals surface area contributed by atoms with Crippen molar-refractivity contribution in [1.29, 1.82) is 0 Å². The zero-order valence-electron chi connectivity index (χ0n) is 69.7. The Morgan fingerprint density at radius 1 is 0.496 bits per heavy atom. The lowest BCUT2D eigenvalue weighted by atomic mass is 9.79. The van der Waals surface area contributed by atoms with E-state index in [0.717, 1.165) is 16.9 Å². The Morgan fingerprint density at radius 3 is 1.24 bits per heavy atom. The molecular weight excluding hydrogens is 1610 g/mol. The van der Waals surface area contributed by atoms with E-state index in [9.17, 15) is 59.1 Å². The van der Waals surface area contributed by atoms with Crippen molar-refractivity contribution in [3.8, 4) is 22.5 Å². The third-order valence-electron chi connectivity index (χ3n) is 15.8. The number of nitrogen functional groups attached to an aromatic ring is 1. The predicted octanol–water partition coefficient (Wildman–Crippen LogP) is 15.2. The summed E-state index contributed by atoms with van der Waals surface area (Å²) in [4.78, 5) is 121. The molecule has 5 amide bonds. The minimum atomic E-state index is -1.45. The molecule has 0 spiro atoms. The number of hydrogen-bond donors (Lipinski definition) is 8. The van der Waals surface area contributed by atoms with Gasteiger partial charge in [0.15, 0.2) is 0 Å². The van der Waals surface area contributed by atoms with E-state index in [1.54, 1.807) is 179 Å². The lowest BCUT2D eigenvalue weighted by Gasteiger charge is -2.36. The fraction of sp³-hybridized carbons (Fsp3) is 0.375. The van der Waals surface area contributed by atoms with Crippen LogP contribution >= 0.6 is 15.9 Å². The summed E-state index contributed by atoms with van der Waals surface area (Å²) in [5.41, 5.74) is 6.85. The molecule has 636 valence electrons. The molecular formula is C80H101B2BrN14O22. The number of carboxylic acids is 1. The Morgan fingerprint density at radius 2 is 0.882 bits per heavy atom. The monoisotopic (exact) mass is 1710 g/mol. The van der Waals surface area contributed by atoms with Gasteiger partial charge >= 0.3 is 50.7 Å². The molecule has 4 aromatic heterocycles. The fourth-order valence-corrected chi connectivity index (χ4v) is 10.2. The molecule has 0 unspecified atom stereocenters. The van der Waals surface area contributed by atoms with E-state index in [-0.39, 0.29) is 51.5 Å². The van der Waals surface area contributed by atoms with Gasteiger partial charge in [0.05, 0.1) is 66.2 Å². The fourth-order valence-electron chi connectivity index (χ4n) is 9.90. The van der Waals surface area contributed by atoms with Crippen LogP contribution in [-0.2, 0) is 33.0 Å². The van der Waals surface area contributed by atoms with Gasteiger partial charge in [-0.25, -0.2) is 33.8 Å². The molecule has 8 aromatic rings. The number of amides is 5. The predicted molar refractivity (Wildman–Crippen MR) is 455 cm³/mol. The number of pyridine rings is 4. The molecule has 36 nitrogen and oxygen atoms in total. The number of rotatable bonds is 13. The summed E-state index contributed by atoms with van der Waals surface area (Å²) in [6.07, 6.45) is 3.32. The highest BCUT2D eigenvalue weighted by atomic mass is 79.9. The van der Waals surface area contributed by atoms with Crippen LogP contribution in [0.1, 0.15) is 142 Å². The largest absolute Gasteiger partial charge is 0.508 e. The molecule has 10 rings (SSSR count). The number of nitrogens with zero attached hydrogens (tertiary/aromatic N) is 9. The van der Waals surface area contributed by atoms with Crippen molar-refractivity contribution in [2.45, 2.75) is 171 Å². The Hall–Kier alpha value is -12.5. The van der Waals surface area contributed by atoms with E-state index in [1.807, 2.05) is 72.7 Å². The van der Waals surface area contributed by atoms with E-state index < -0.39 is 98.6 Å². The first-order chi connectivity index (χ1) is 55.1. The van der Waals surface area contributed by atoms with Crippen LogP contribution in [0.25, 0.3) is 22.5 Å². The van der Waals surface area contributed by atoms with Gasteiger partial charge in [-0.2, -0.15) is 0 Å². The van der Waals surface area contributed by atoms with Crippen molar-refractivity contribution < 1.29 is 91.7 Å². The summed E-state index contributed by atoms with van der Waals surface area (Å²) in [5, 5.41) is 69.2. The zero-order valence-corrected chi connectivity index (χ0v) is 71.2. The summed E-state index contributed by atoms with van der Waals surface area (Å²) < 4.78 is 38.2. The molecule has 9 N–H and O–H groups in total. The molecule has 0 aliphatic carbocycles. The molecule has 0 saturated carbocycles. The number of carbonyl (C=O) groups excluding carboxylic acids is 5. The highest BCUT2D eigenvalue weighted by Gasteiger charge is 2.52. The summed E-state index contributed by atoms with van der Waals surface area (Å²) >= 11 is 3.13. The number of anilines is 6. The number of nitro benzene ring substituents is 3. The summed E-state index contributed by atoms with van der Waals surface area (Å²) in [6.45, 7) is 36.4. The maximum atomic E-state index is 12.0. The first kappa shape index (κ1) is 97.1. The number of halogens is 1. The number of carboxylic acid groups (broad SMARTS) is 1. The van der Waals surface area contributed by atoms with Gasteiger partial charge < -0.3 is 63.7 Å². The zero-order chi connectivity index (χ0) is 89.3. The molecule has 2 aliphatic rings. The molecule has 0 atom stereocenters. The highest BCUT2D eigenvalue weighted by molar-refractivity contribution is 9.10. The lowest BCUT2D eigenvalue weighted by molar-refractivity contribution is -0.384.